The Morgan fingerprint density at radius 1 is 1.05 bits per heavy atom. The summed E-state index contributed by atoms with van der Waals surface area (Å²) in [5, 5.41) is 0. The zero-order valence-electron chi connectivity index (χ0n) is 13.1. The van der Waals surface area contributed by atoms with Gasteiger partial charge in [0, 0.05) is 19.3 Å². The third-order valence-corrected chi connectivity index (χ3v) is 3.08. The van der Waals surface area contributed by atoms with Crippen LogP contribution in [0.2, 0.25) is 0 Å². The van der Waals surface area contributed by atoms with E-state index in [0.29, 0.717) is 0 Å². The fraction of sp³-hybridized carbons (Fsp3) is 0.263. The molecule has 0 atom stereocenters. The number of anilines is 1. The SMILES string of the molecule is C=Cc1ccc(C)cc1N(C)Cc1ccccc1.CC. The van der Waals surface area contributed by atoms with E-state index in [1.54, 1.807) is 0 Å². The van der Waals surface area contributed by atoms with Gasteiger partial charge < -0.3 is 4.90 Å². The van der Waals surface area contributed by atoms with Crippen LogP contribution in [0.1, 0.15) is 30.5 Å². The summed E-state index contributed by atoms with van der Waals surface area (Å²) in [6.07, 6.45) is 1.91. The fourth-order valence-electron chi connectivity index (χ4n) is 2.10. The first-order chi connectivity index (χ1) is 9.70. The molecule has 0 aromatic heterocycles. The standard InChI is InChI=1S/C17H19N.C2H6/c1-4-16-11-10-14(2)12-17(16)18(3)13-15-8-6-5-7-9-15;1-2/h4-12H,1,13H2,2-3H3;1-2H3. The first-order valence-corrected chi connectivity index (χ1v) is 7.19. The molecule has 0 unspecified atom stereocenters. The van der Waals surface area contributed by atoms with E-state index in [0.717, 1.165) is 6.54 Å². The summed E-state index contributed by atoms with van der Waals surface area (Å²) >= 11 is 0. The molecule has 1 nitrogen and oxygen atoms in total. The number of rotatable bonds is 4. The molecule has 0 heterocycles. The number of benzene rings is 2. The quantitative estimate of drug-likeness (QED) is 0.726. The predicted molar refractivity (Wildman–Crippen MR) is 91.2 cm³/mol. The van der Waals surface area contributed by atoms with Gasteiger partial charge in [-0.1, -0.05) is 69.0 Å². The van der Waals surface area contributed by atoms with E-state index < -0.39 is 0 Å². The molecule has 1 heteroatoms. The zero-order valence-corrected chi connectivity index (χ0v) is 13.1. The van der Waals surface area contributed by atoms with Gasteiger partial charge in [0.15, 0.2) is 0 Å². The van der Waals surface area contributed by atoms with Gasteiger partial charge in [-0.05, 0) is 29.7 Å². The van der Waals surface area contributed by atoms with Crippen LogP contribution in [0.25, 0.3) is 6.08 Å². The Bertz CT molecular complexity index is 529. The van der Waals surface area contributed by atoms with Gasteiger partial charge in [0.1, 0.15) is 0 Å². The Labute approximate surface area is 123 Å². The van der Waals surface area contributed by atoms with Crippen molar-refractivity contribution in [1.29, 1.82) is 0 Å². The highest BCUT2D eigenvalue weighted by molar-refractivity contribution is 5.67. The lowest BCUT2D eigenvalue weighted by Crippen LogP contribution is -2.17. The van der Waals surface area contributed by atoms with Crippen LogP contribution in [0.15, 0.2) is 55.1 Å². The Morgan fingerprint density at radius 3 is 2.30 bits per heavy atom. The Kier molecular flexibility index (Phi) is 6.58. The van der Waals surface area contributed by atoms with Crippen LogP contribution in [-0.4, -0.2) is 7.05 Å². The van der Waals surface area contributed by atoms with E-state index in [1.165, 1.54) is 22.4 Å². The molecular weight excluding hydrogens is 242 g/mol. The average Bonchev–Trinajstić information content (AvgIpc) is 2.50. The van der Waals surface area contributed by atoms with E-state index in [-0.39, 0.29) is 0 Å². The van der Waals surface area contributed by atoms with Gasteiger partial charge in [-0.3, -0.25) is 0 Å². The van der Waals surface area contributed by atoms with Gasteiger partial charge in [-0.25, -0.2) is 0 Å². The predicted octanol–water partition coefficient (Wildman–Crippen LogP) is 5.30. The van der Waals surface area contributed by atoms with Crippen molar-refractivity contribution in [3.05, 3.63) is 71.8 Å². The van der Waals surface area contributed by atoms with Crippen molar-refractivity contribution in [2.75, 3.05) is 11.9 Å². The maximum absolute atomic E-state index is 3.88. The highest BCUT2D eigenvalue weighted by atomic mass is 15.1. The van der Waals surface area contributed by atoms with Gasteiger partial charge >= 0.3 is 0 Å². The Balaban J connectivity index is 0.000000956. The van der Waals surface area contributed by atoms with Crippen LogP contribution in [0.5, 0.6) is 0 Å². The number of nitrogens with zero attached hydrogens (tertiary/aromatic N) is 1. The minimum atomic E-state index is 0.908. The van der Waals surface area contributed by atoms with Gasteiger partial charge in [0.05, 0.1) is 0 Å². The number of hydrogen-bond donors (Lipinski definition) is 0. The molecule has 0 amide bonds. The molecule has 0 saturated carbocycles. The third kappa shape index (κ3) is 4.27. The van der Waals surface area contributed by atoms with E-state index in [9.17, 15) is 0 Å². The number of hydrogen-bond acceptors (Lipinski definition) is 1. The van der Waals surface area contributed by atoms with Crippen LogP contribution in [0, 0.1) is 6.92 Å². The molecule has 2 rings (SSSR count). The molecule has 0 fully saturated rings. The fourth-order valence-corrected chi connectivity index (χ4v) is 2.10. The smallest absolute Gasteiger partial charge is 0.0442 e. The zero-order chi connectivity index (χ0) is 15.0. The molecule has 2 aromatic carbocycles. The van der Waals surface area contributed by atoms with Gasteiger partial charge in [-0.15, -0.1) is 0 Å². The molecule has 0 N–H and O–H groups in total. The van der Waals surface area contributed by atoms with Crippen LogP contribution in [0.3, 0.4) is 0 Å². The van der Waals surface area contributed by atoms with Gasteiger partial charge in [0.2, 0.25) is 0 Å². The summed E-state index contributed by atoms with van der Waals surface area (Å²) in [5.74, 6) is 0. The van der Waals surface area contributed by atoms with Crippen molar-refractivity contribution < 1.29 is 0 Å². The first kappa shape index (κ1) is 16.0. The lowest BCUT2D eigenvalue weighted by atomic mass is 10.1. The summed E-state index contributed by atoms with van der Waals surface area (Å²) < 4.78 is 0. The van der Waals surface area contributed by atoms with E-state index >= 15 is 0 Å². The van der Waals surface area contributed by atoms with E-state index in [4.69, 9.17) is 0 Å². The van der Waals surface area contributed by atoms with E-state index in [2.05, 4.69) is 67.9 Å². The van der Waals surface area contributed by atoms with E-state index in [1.807, 2.05) is 26.0 Å². The Morgan fingerprint density at radius 2 is 1.70 bits per heavy atom. The molecule has 20 heavy (non-hydrogen) atoms. The molecule has 0 saturated heterocycles. The van der Waals surface area contributed by atoms with Crippen molar-refractivity contribution in [3.8, 4) is 0 Å². The minimum absolute atomic E-state index is 0.908. The summed E-state index contributed by atoms with van der Waals surface area (Å²) in [5.41, 5.74) is 5.00. The molecule has 0 aliphatic carbocycles. The summed E-state index contributed by atoms with van der Waals surface area (Å²) in [7, 11) is 2.12. The average molecular weight is 267 g/mol. The summed E-state index contributed by atoms with van der Waals surface area (Å²) in [6.45, 7) is 10.9. The highest BCUT2D eigenvalue weighted by Crippen LogP contribution is 2.23. The maximum Gasteiger partial charge on any atom is 0.0442 e. The first-order valence-electron chi connectivity index (χ1n) is 7.19. The van der Waals surface area contributed by atoms with Gasteiger partial charge in [0.25, 0.3) is 0 Å². The van der Waals surface area contributed by atoms with Crippen molar-refractivity contribution in [2.24, 2.45) is 0 Å². The van der Waals surface area contributed by atoms with Crippen molar-refractivity contribution >= 4 is 11.8 Å². The second kappa shape index (κ2) is 8.21. The minimum Gasteiger partial charge on any atom is -0.370 e. The molecular formula is C19H25N. The molecule has 2 aromatic rings. The van der Waals surface area contributed by atoms with Crippen molar-refractivity contribution in [3.63, 3.8) is 0 Å². The van der Waals surface area contributed by atoms with Crippen LogP contribution in [-0.2, 0) is 6.54 Å². The summed E-state index contributed by atoms with van der Waals surface area (Å²) in [4.78, 5) is 2.26. The molecule has 106 valence electrons. The monoisotopic (exact) mass is 267 g/mol. The molecule has 0 spiro atoms. The molecule has 0 radical (unpaired) electrons. The topological polar surface area (TPSA) is 3.24 Å². The van der Waals surface area contributed by atoms with Gasteiger partial charge in [-0.2, -0.15) is 0 Å². The third-order valence-electron chi connectivity index (χ3n) is 3.08. The largest absolute Gasteiger partial charge is 0.370 e. The number of aryl methyl sites for hydroxylation is 1. The molecule has 0 aliphatic rings. The lowest BCUT2D eigenvalue weighted by molar-refractivity contribution is 0.920. The molecule has 0 aliphatic heterocycles. The highest BCUT2D eigenvalue weighted by Gasteiger charge is 2.06. The van der Waals surface area contributed by atoms with Crippen molar-refractivity contribution in [2.45, 2.75) is 27.3 Å². The maximum atomic E-state index is 3.88. The second-order valence-electron chi connectivity index (χ2n) is 4.61. The lowest BCUT2D eigenvalue weighted by Gasteiger charge is -2.22. The van der Waals surface area contributed by atoms with Crippen LogP contribution in [0.4, 0.5) is 5.69 Å². The van der Waals surface area contributed by atoms with Crippen molar-refractivity contribution in [1.82, 2.24) is 0 Å². The normalized spacial score (nSPS) is 9.40. The van der Waals surface area contributed by atoms with Crippen LogP contribution < -0.4 is 4.90 Å². The summed E-state index contributed by atoms with van der Waals surface area (Å²) in [6, 6.07) is 17.0. The molecule has 0 bridgehead atoms. The second-order valence-corrected chi connectivity index (χ2v) is 4.61. The van der Waals surface area contributed by atoms with Crippen LogP contribution >= 0.6 is 0 Å². The Hall–Kier alpha value is -2.02.